The van der Waals surface area contributed by atoms with Crippen molar-refractivity contribution in [2.75, 3.05) is 26.1 Å². The lowest BCUT2D eigenvalue weighted by Gasteiger charge is -2.22. The molecule has 0 saturated carbocycles. The summed E-state index contributed by atoms with van der Waals surface area (Å²) in [6.07, 6.45) is 0.857. The van der Waals surface area contributed by atoms with Crippen LogP contribution in [0, 0.1) is 0 Å². The Morgan fingerprint density at radius 3 is 2.81 bits per heavy atom. The lowest BCUT2D eigenvalue weighted by atomic mass is 10.1. The van der Waals surface area contributed by atoms with Crippen LogP contribution in [0.4, 0.5) is 5.00 Å². The van der Waals surface area contributed by atoms with E-state index < -0.39 is 0 Å². The Balaban J connectivity index is 2.26. The number of aromatic nitrogens is 2. The molecule has 6 heteroatoms. The molecule has 1 rings (SSSR count). The molecule has 0 spiro atoms. The van der Waals surface area contributed by atoms with Crippen LogP contribution >= 0.6 is 11.5 Å². The zero-order chi connectivity index (χ0) is 12.0. The van der Waals surface area contributed by atoms with E-state index in [9.17, 15) is 0 Å². The van der Waals surface area contributed by atoms with Crippen molar-refractivity contribution < 1.29 is 9.47 Å². The molecular formula is C10H19N3O2S. The van der Waals surface area contributed by atoms with Gasteiger partial charge in [0, 0.05) is 32.3 Å². The van der Waals surface area contributed by atoms with E-state index in [-0.39, 0.29) is 5.60 Å². The minimum Gasteiger partial charge on any atom is -0.379 e. The van der Waals surface area contributed by atoms with Gasteiger partial charge < -0.3 is 14.8 Å². The largest absolute Gasteiger partial charge is 0.379 e. The second-order valence-electron chi connectivity index (χ2n) is 4.07. The Hall–Kier alpha value is -0.720. The Morgan fingerprint density at radius 2 is 2.19 bits per heavy atom. The van der Waals surface area contributed by atoms with Gasteiger partial charge in [0.25, 0.3) is 0 Å². The van der Waals surface area contributed by atoms with Crippen molar-refractivity contribution in [3.63, 3.8) is 0 Å². The normalized spacial score (nSPS) is 11.8. The quantitative estimate of drug-likeness (QED) is 0.744. The Bertz CT molecular complexity index is 315. The molecule has 0 fully saturated rings. The highest BCUT2D eigenvalue weighted by molar-refractivity contribution is 7.10. The first-order valence-corrected chi connectivity index (χ1v) is 5.98. The highest BCUT2D eigenvalue weighted by Gasteiger charge is 2.16. The van der Waals surface area contributed by atoms with Crippen molar-refractivity contribution in [2.45, 2.75) is 32.5 Å². The van der Waals surface area contributed by atoms with Gasteiger partial charge in [-0.1, -0.05) is 4.49 Å². The molecule has 0 amide bonds. The predicted molar refractivity (Wildman–Crippen MR) is 64.8 cm³/mol. The summed E-state index contributed by atoms with van der Waals surface area (Å²) in [7, 11) is 3.57. The maximum atomic E-state index is 5.54. The van der Waals surface area contributed by atoms with Crippen LogP contribution < -0.4 is 5.32 Å². The Labute approximate surface area is 100 Å². The second kappa shape index (κ2) is 6.12. The molecule has 0 aliphatic heterocycles. The van der Waals surface area contributed by atoms with Crippen LogP contribution in [-0.2, 0) is 16.1 Å². The zero-order valence-corrected chi connectivity index (χ0v) is 11.1. The van der Waals surface area contributed by atoms with Crippen molar-refractivity contribution in [3.8, 4) is 0 Å². The van der Waals surface area contributed by atoms with Gasteiger partial charge in [-0.05, 0) is 20.3 Å². The molecule has 1 aromatic rings. The molecule has 0 aliphatic rings. The third-order valence-electron chi connectivity index (χ3n) is 2.42. The molecular weight excluding hydrogens is 226 g/mol. The third-order valence-corrected chi connectivity index (χ3v) is 3.21. The van der Waals surface area contributed by atoms with E-state index in [1.165, 1.54) is 11.5 Å². The number of nitrogens with zero attached hydrogens (tertiary/aromatic N) is 2. The van der Waals surface area contributed by atoms with Gasteiger partial charge in [0.1, 0.15) is 10.7 Å². The first kappa shape index (κ1) is 13.3. The van der Waals surface area contributed by atoms with Gasteiger partial charge in [-0.2, -0.15) is 0 Å². The summed E-state index contributed by atoms with van der Waals surface area (Å²) in [6.45, 7) is 5.23. The molecule has 1 N–H and O–H groups in total. The van der Waals surface area contributed by atoms with E-state index in [1.54, 1.807) is 7.11 Å². The number of hydrogen-bond donors (Lipinski definition) is 1. The molecule has 1 aromatic heterocycles. The average Bonchev–Trinajstić information content (AvgIpc) is 2.72. The summed E-state index contributed by atoms with van der Waals surface area (Å²) in [6, 6.07) is 0. The fourth-order valence-corrected chi connectivity index (χ4v) is 1.60. The smallest absolute Gasteiger partial charge is 0.135 e. The number of anilines is 1. The number of ether oxygens (including phenoxy) is 2. The van der Waals surface area contributed by atoms with Crippen LogP contribution in [0.2, 0.25) is 0 Å². The number of hydrogen-bond acceptors (Lipinski definition) is 6. The Kier molecular flexibility index (Phi) is 5.11. The van der Waals surface area contributed by atoms with Gasteiger partial charge in [-0.3, -0.25) is 0 Å². The minimum atomic E-state index is -0.133. The van der Waals surface area contributed by atoms with E-state index in [4.69, 9.17) is 9.47 Å². The highest BCUT2D eigenvalue weighted by Crippen LogP contribution is 2.18. The van der Waals surface area contributed by atoms with Crippen LogP contribution in [0.3, 0.4) is 0 Å². The van der Waals surface area contributed by atoms with Crippen LogP contribution in [-0.4, -0.2) is 36.0 Å². The maximum absolute atomic E-state index is 5.54. The zero-order valence-electron chi connectivity index (χ0n) is 10.2. The number of methoxy groups -OCH3 is 1. The standard InChI is InChI=1S/C10H19N3O2S/c1-10(2,14-4)5-6-15-7-8-9(11-3)16-13-12-8/h11H,5-7H2,1-4H3. The molecule has 5 nitrogen and oxygen atoms in total. The van der Waals surface area contributed by atoms with E-state index >= 15 is 0 Å². The third kappa shape index (κ3) is 4.03. The predicted octanol–water partition coefficient (Wildman–Crippen LogP) is 1.91. The maximum Gasteiger partial charge on any atom is 0.135 e. The first-order valence-electron chi connectivity index (χ1n) is 5.21. The summed E-state index contributed by atoms with van der Waals surface area (Å²) < 4.78 is 14.7. The highest BCUT2D eigenvalue weighted by atomic mass is 32.1. The number of nitrogens with one attached hydrogen (secondary N) is 1. The van der Waals surface area contributed by atoms with Crippen LogP contribution in [0.25, 0.3) is 0 Å². The topological polar surface area (TPSA) is 56.3 Å². The van der Waals surface area contributed by atoms with Crippen molar-refractivity contribution >= 4 is 16.5 Å². The van der Waals surface area contributed by atoms with Gasteiger partial charge in [-0.25, -0.2) is 0 Å². The fourth-order valence-electron chi connectivity index (χ4n) is 1.08. The van der Waals surface area contributed by atoms with Gasteiger partial charge in [0.15, 0.2) is 0 Å². The average molecular weight is 245 g/mol. The second-order valence-corrected chi connectivity index (χ2v) is 4.82. The molecule has 0 unspecified atom stereocenters. The summed E-state index contributed by atoms with van der Waals surface area (Å²) >= 11 is 1.34. The van der Waals surface area contributed by atoms with Gasteiger partial charge >= 0.3 is 0 Å². The summed E-state index contributed by atoms with van der Waals surface area (Å²) in [5, 5.41) is 7.99. The first-order chi connectivity index (χ1) is 7.59. The lowest BCUT2D eigenvalue weighted by Crippen LogP contribution is -2.24. The van der Waals surface area contributed by atoms with Crippen molar-refractivity contribution in [1.82, 2.24) is 9.59 Å². The SMILES string of the molecule is CNc1snnc1COCCC(C)(C)OC. The summed E-state index contributed by atoms with van der Waals surface area (Å²) in [4.78, 5) is 0. The van der Waals surface area contributed by atoms with Gasteiger partial charge in [0.05, 0.1) is 12.2 Å². The van der Waals surface area contributed by atoms with Crippen molar-refractivity contribution in [3.05, 3.63) is 5.69 Å². The molecule has 0 atom stereocenters. The van der Waals surface area contributed by atoms with Crippen LogP contribution in [0.1, 0.15) is 26.0 Å². The lowest BCUT2D eigenvalue weighted by molar-refractivity contribution is -0.0127. The van der Waals surface area contributed by atoms with E-state index in [0.717, 1.165) is 17.1 Å². The molecule has 0 aromatic carbocycles. The monoisotopic (exact) mass is 245 g/mol. The van der Waals surface area contributed by atoms with Crippen molar-refractivity contribution in [1.29, 1.82) is 0 Å². The van der Waals surface area contributed by atoms with E-state index in [0.29, 0.717) is 13.2 Å². The molecule has 16 heavy (non-hydrogen) atoms. The van der Waals surface area contributed by atoms with Crippen LogP contribution in [0.15, 0.2) is 0 Å². The molecule has 0 bridgehead atoms. The van der Waals surface area contributed by atoms with Crippen LogP contribution in [0.5, 0.6) is 0 Å². The van der Waals surface area contributed by atoms with Crippen molar-refractivity contribution in [2.24, 2.45) is 0 Å². The number of rotatable bonds is 7. The molecule has 1 heterocycles. The summed E-state index contributed by atoms with van der Waals surface area (Å²) in [5.74, 6) is 0. The molecule has 0 aliphatic carbocycles. The van der Waals surface area contributed by atoms with E-state index in [1.807, 2.05) is 20.9 Å². The fraction of sp³-hybridized carbons (Fsp3) is 0.800. The molecule has 92 valence electrons. The molecule has 0 radical (unpaired) electrons. The summed E-state index contributed by atoms with van der Waals surface area (Å²) in [5.41, 5.74) is 0.731. The van der Waals surface area contributed by atoms with E-state index in [2.05, 4.69) is 14.9 Å². The Morgan fingerprint density at radius 1 is 1.44 bits per heavy atom. The van der Waals surface area contributed by atoms with Gasteiger partial charge in [0.2, 0.25) is 0 Å². The van der Waals surface area contributed by atoms with Gasteiger partial charge in [-0.15, -0.1) is 5.10 Å². The minimum absolute atomic E-state index is 0.133. The molecule has 0 saturated heterocycles.